The fraction of sp³-hybridized carbons (Fsp3) is 0.263. The van der Waals surface area contributed by atoms with Crippen LogP contribution in [0.1, 0.15) is 11.1 Å². The SMILES string of the molecule is O=C=Nc1ccc(Cc2ccc(N=C=O)cc2)cc1.OCCOCCO. The summed E-state index contributed by atoms with van der Waals surface area (Å²) in [6.07, 6.45) is 3.77. The van der Waals surface area contributed by atoms with Gasteiger partial charge in [0.15, 0.2) is 0 Å². The fourth-order valence-corrected chi connectivity index (χ4v) is 1.95. The molecular formula is C19H20N2O5. The zero-order valence-corrected chi connectivity index (χ0v) is 14.2. The number of ether oxygens (including phenoxy) is 1. The van der Waals surface area contributed by atoms with Crippen molar-refractivity contribution < 1.29 is 24.5 Å². The largest absolute Gasteiger partial charge is 0.394 e. The first-order valence-corrected chi connectivity index (χ1v) is 7.86. The minimum atomic E-state index is 0.0278. The number of rotatable bonds is 8. The molecule has 0 radical (unpaired) electrons. The summed E-state index contributed by atoms with van der Waals surface area (Å²) in [5, 5.41) is 16.2. The molecule has 7 heteroatoms. The second-order valence-electron chi connectivity index (χ2n) is 4.98. The highest BCUT2D eigenvalue weighted by Gasteiger charge is 1.97. The molecule has 0 heterocycles. The molecule has 0 saturated heterocycles. The molecule has 2 aromatic rings. The Hall–Kier alpha value is -2.92. The molecule has 2 rings (SSSR count). The van der Waals surface area contributed by atoms with Crippen LogP contribution in [0.5, 0.6) is 0 Å². The zero-order valence-electron chi connectivity index (χ0n) is 14.2. The molecule has 0 spiro atoms. The first-order valence-electron chi connectivity index (χ1n) is 7.86. The van der Waals surface area contributed by atoms with E-state index in [1.807, 2.05) is 24.3 Å². The number of aliphatic hydroxyl groups is 2. The second kappa shape index (κ2) is 13.4. The summed E-state index contributed by atoms with van der Waals surface area (Å²) in [5.41, 5.74) is 3.40. The smallest absolute Gasteiger partial charge is 0.240 e. The molecular weight excluding hydrogens is 336 g/mol. The van der Waals surface area contributed by atoms with Gasteiger partial charge in [0.25, 0.3) is 0 Å². The van der Waals surface area contributed by atoms with Crippen molar-refractivity contribution in [2.75, 3.05) is 26.4 Å². The summed E-state index contributed by atoms with van der Waals surface area (Å²) in [7, 11) is 0. The third kappa shape index (κ3) is 8.80. The quantitative estimate of drug-likeness (QED) is 0.428. The number of carbonyl (C=O) groups excluding carboxylic acids is 2. The molecule has 0 aromatic heterocycles. The summed E-state index contributed by atoms with van der Waals surface area (Å²) < 4.78 is 4.63. The number of nitrogens with zero attached hydrogens (tertiary/aromatic N) is 2. The molecule has 0 aliphatic heterocycles. The van der Waals surface area contributed by atoms with Gasteiger partial charge in [-0.05, 0) is 41.8 Å². The molecule has 2 N–H and O–H groups in total. The second-order valence-corrected chi connectivity index (χ2v) is 4.98. The summed E-state index contributed by atoms with van der Waals surface area (Å²) >= 11 is 0. The van der Waals surface area contributed by atoms with Crippen LogP contribution < -0.4 is 0 Å². The number of isocyanates is 2. The van der Waals surface area contributed by atoms with E-state index in [9.17, 15) is 9.59 Å². The van der Waals surface area contributed by atoms with E-state index < -0.39 is 0 Å². The number of aliphatic hydroxyl groups excluding tert-OH is 2. The molecule has 0 aliphatic rings. The molecule has 0 aliphatic carbocycles. The van der Waals surface area contributed by atoms with Crippen molar-refractivity contribution in [3.8, 4) is 0 Å². The Morgan fingerprint density at radius 3 is 1.42 bits per heavy atom. The third-order valence-corrected chi connectivity index (χ3v) is 3.10. The van der Waals surface area contributed by atoms with Gasteiger partial charge < -0.3 is 14.9 Å². The topological polar surface area (TPSA) is 109 Å². The predicted octanol–water partition coefficient (Wildman–Crippen LogP) is 2.20. The van der Waals surface area contributed by atoms with Crippen LogP contribution in [0.15, 0.2) is 58.5 Å². The lowest BCUT2D eigenvalue weighted by Crippen LogP contribution is -2.03. The predicted molar refractivity (Wildman–Crippen MR) is 96.2 cm³/mol. The van der Waals surface area contributed by atoms with Crippen LogP contribution in [0.2, 0.25) is 0 Å². The van der Waals surface area contributed by atoms with Crippen molar-refractivity contribution in [1.82, 2.24) is 0 Å². The Kier molecular flexibility index (Phi) is 10.9. The molecule has 26 heavy (non-hydrogen) atoms. The lowest BCUT2D eigenvalue weighted by molar-refractivity contribution is 0.0650. The van der Waals surface area contributed by atoms with Crippen LogP contribution in [0.4, 0.5) is 11.4 Å². The van der Waals surface area contributed by atoms with Crippen LogP contribution in [-0.2, 0) is 20.7 Å². The van der Waals surface area contributed by atoms with Crippen molar-refractivity contribution in [1.29, 1.82) is 0 Å². The first kappa shape index (κ1) is 21.1. The molecule has 7 nitrogen and oxygen atoms in total. The number of aliphatic imine (C=N–C) groups is 2. The normalized spacial score (nSPS) is 9.31. The Balaban J connectivity index is 0.000000412. The highest BCUT2D eigenvalue weighted by molar-refractivity contribution is 5.51. The van der Waals surface area contributed by atoms with E-state index in [2.05, 4.69) is 14.7 Å². The summed E-state index contributed by atoms with van der Waals surface area (Å²) in [6.45, 7) is 0.696. The molecule has 0 bridgehead atoms. The van der Waals surface area contributed by atoms with E-state index >= 15 is 0 Å². The van der Waals surface area contributed by atoms with E-state index in [0.29, 0.717) is 24.6 Å². The zero-order chi connectivity index (χ0) is 19.0. The van der Waals surface area contributed by atoms with Crippen LogP contribution in [0, 0.1) is 0 Å². The van der Waals surface area contributed by atoms with E-state index in [1.54, 1.807) is 24.3 Å². The highest BCUT2D eigenvalue weighted by Crippen LogP contribution is 2.17. The maximum Gasteiger partial charge on any atom is 0.240 e. The number of hydrogen-bond donors (Lipinski definition) is 2. The number of hydrogen-bond acceptors (Lipinski definition) is 7. The van der Waals surface area contributed by atoms with Crippen molar-refractivity contribution in [3.63, 3.8) is 0 Å². The van der Waals surface area contributed by atoms with Gasteiger partial charge >= 0.3 is 0 Å². The summed E-state index contributed by atoms with van der Waals surface area (Å²) in [6, 6.07) is 14.7. The lowest BCUT2D eigenvalue weighted by atomic mass is 10.0. The molecule has 0 amide bonds. The van der Waals surface area contributed by atoms with Crippen molar-refractivity contribution in [2.24, 2.45) is 9.98 Å². The molecule has 0 atom stereocenters. The van der Waals surface area contributed by atoms with Crippen LogP contribution in [0.3, 0.4) is 0 Å². The molecule has 0 saturated carbocycles. The standard InChI is InChI=1S/C15H10N2O2.C4H10O3/c18-10-16-14-5-1-12(2-6-14)9-13-3-7-15(8-4-13)17-11-19;5-1-3-7-4-2-6/h1-8H,9H2;5-6H,1-4H2. The fourth-order valence-electron chi connectivity index (χ4n) is 1.95. The Morgan fingerprint density at radius 2 is 1.12 bits per heavy atom. The summed E-state index contributed by atoms with van der Waals surface area (Å²) in [5.74, 6) is 0. The lowest BCUT2D eigenvalue weighted by Gasteiger charge is -2.02. The highest BCUT2D eigenvalue weighted by atomic mass is 16.5. The van der Waals surface area contributed by atoms with Gasteiger partial charge in [0.1, 0.15) is 0 Å². The van der Waals surface area contributed by atoms with Gasteiger partial charge in [0.05, 0.1) is 37.8 Å². The van der Waals surface area contributed by atoms with Crippen molar-refractivity contribution in [3.05, 3.63) is 59.7 Å². The van der Waals surface area contributed by atoms with Crippen LogP contribution in [-0.4, -0.2) is 48.8 Å². The Labute approximate surface area is 151 Å². The van der Waals surface area contributed by atoms with E-state index in [0.717, 1.165) is 17.5 Å². The molecule has 0 unspecified atom stereocenters. The number of benzene rings is 2. The van der Waals surface area contributed by atoms with Gasteiger partial charge in [-0.15, -0.1) is 0 Å². The van der Waals surface area contributed by atoms with Gasteiger partial charge in [-0.2, -0.15) is 9.98 Å². The first-order chi connectivity index (χ1) is 12.7. The Bertz CT molecular complexity index is 668. The molecule has 2 aromatic carbocycles. The van der Waals surface area contributed by atoms with Gasteiger partial charge in [0, 0.05) is 0 Å². The maximum atomic E-state index is 10.1. The van der Waals surface area contributed by atoms with Gasteiger partial charge in [0.2, 0.25) is 12.2 Å². The van der Waals surface area contributed by atoms with Gasteiger partial charge in [-0.25, -0.2) is 9.59 Å². The van der Waals surface area contributed by atoms with E-state index in [4.69, 9.17) is 10.2 Å². The van der Waals surface area contributed by atoms with Crippen LogP contribution >= 0.6 is 0 Å². The van der Waals surface area contributed by atoms with Gasteiger partial charge in [-0.1, -0.05) is 24.3 Å². The Morgan fingerprint density at radius 1 is 0.731 bits per heavy atom. The maximum absolute atomic E-state index is 10.1. The van der Waals surface area contributed by atoms with Crippen LogP contribution in [0.25, 0.3) is 0 Å². The third-order valence-electron chi connectivity index (χ3n) is 3.10. The van der Waals surface area contributed by atoms with Crippen molar-refractivity contribution in [2.45, 2.75) is 6.42 Å². The van der Waals surface area contributed by atoms with Gasteiger partial charge in [-0.3, -0.25) is 0 Å². The monoisotopic (exact) mass is 356 g/mol. The summed E-state index contributed by atoms with van der Waals surface area (Å²) in [4.78, 5) is 27.3. The van der Waals surface area contributed by atoms with E-state index in [1.165, 1.54) is 12.2 Å². The average Bonchev–Trinajstić information content (AvgIpc) is 2.66. The minimum absolute atomic E-state index is 0.0278. The minimum Gasteiger partial charge on any atom is -0.394 e. The average molecular weight is 356 g/mol. The van der Waals surface area contributed by atoms with Crippen molar-refractivity contribution >= 4 is 23.5 Å². The molecule has 136 valence electrons. The molecule has 0 fully saturated rings. The van der Waals surface area contributed by atoms with E-state index in [-0.39, 0.29) is 13.2 Å².